The van der Waals surface area contributed by atoms with E-state index >= 15 is 0 Å². The molecule has 0 bridgehead atoms. The highest BCUT2D eigenvalue weighted by molar-refractivity contribution is 6.43. The Morgan fingerprint density at radius 2 is 1.66 bits per heavy atom. The van der Waals surface area contributed by atoms with E-state index in [0.717, 1.165) is 76.8 Å². The summed E-state index contributed by atoms with van der Waals surface area (Å²) in [4.78, 5) is 21.7. The third-order valence-corrected chi connectivity index (χ3v) is 8.27. The minimum Gasteiger partial charge on any atom is -0.368 e. The fourth-order valence-corrected chi connectivity index (χ4v) is 5.60. The molecule has 3 fully saturated rings. The Bertz CT molecular complexity index is 755. The minimum absolute atomic E-state index is 0.138. The van der Waals surface area contributed by atoms with Crippen molar-refractivity contribution in [2.45, 2.75) is 38.1 Å². The summed E-state index contributed by atoms with van der Waals surface area (Å²) in [5, 5.41) is 4.58. The molecule has 0 unspecified atom stereocenters. The summed E-state index contributed by atoms with van der Waals surface area (Å²) in [5.74, 6) is 0.784. The second kappa shape index (κ2) is 11.3. The number of halogens is 2. The molecule has 1 aromatic rings. The largest absolute Gasteiger partial charge is 0.368 e. The fourth-order valence-electron chi connectivity index (χ4n) is 5.19. The Morgan fingerprint density at radius 3 is 2.34 bits per heavy atom. The van der Waals surface area contributed by atoms with Crippen molar-refractivity contribution in [3.63, 3.8) is 0 Å². The maximum atomic E-state index is 12.5. The monoisotopic (exact) mass is 481 g/mol. The van der Waals surface area contributed by atoms with Crippen LogP contribution in [-0.4, -0.2) is 92.7 Å². The number of likely N-dealkylation sites (N-methyl/N-ethyl adjacent to an activating group) is 1. The van der Waals surface area contributed by atoms with E-state index in [0.29, 0.717) is 16.1 Å². The molecule has 3 aliphatic rings. The van der Waals surface area contributed by atoms with E-state index in [1.54, 1.807) is 0 Å². The number of rotatable bonds is 5. The third kappa shape index (κ3) is 6.22. The van der Waals surface area contributed by atoms with Crippen LogP contribution in [-0.2, 0) is 0 Å². The van der Waals surface area contributed by atoms with Crippen LogP contribution < -0.4 is 10.2 Å². The van der Waals surface area contributed by atoms with Crippen molar-refractivity contribution in [2.24, 2.45) is 5.92 Å². The zero-order valence-electron chi connectivity index (χ0n) is 19.2. The van der Waals surface area contributed by atoms with E-state index in [1.165, 1.54) is 25.8 Å². The fraction of sp³-hybridized carbons (Fsp3) is 0.708. The number of amides is 2. The van der Waals surface area contributed by atoms with Crippen LogP contribution in [0.2, 0.25) is 10.0 Å². The maximum absolute atomic E-state index is 12.5. The highest BCUT2D eigenvalue weighted by Crippen LogP contribution is 2.33. The van der Waals surface area contributed by atoms with Gasteiger partial charge in [-0.1, -0.05) is 29.3 Å². The van der Waals surface area contributed by atoms with E-state index < -0.39 is 0 Å². The molecule has 1 aromatic carbocycles. The van der Waals surface area contributed by atoms with Gasteiger partial charge in [0.25, 0.3) is 0 Å². The summed E-state index contributed by atoms with van der Waals surface area (Å²) < 4.78 is 0. The lowest BCUT2D eigenvalue weighted by atomic mass is 9.84. The number of benzene rings is 1. The number of piperazine rings is 2. The van der Waals surface area contributed by atoms with Gasteiger partial charge in [0.2, 0.25) is 0 Å². The number of anilines is 1. The van der Waals surface area contributed by atoms with Crippen LogP contribution in [0, 0.1) is 5.92 Å². The third-order valence-electron chi connectivity index (χ3n) is 7.46. The zero-order valence-corrected chi connectivity index (χ0v) is 20.8. The maximum Gasteiger partial charge on any atom is 0.317 e. The molecule has 32 heavy (non-hydrogen) atoms. The van der Waals surface area contributed by atoms with Crippen LogP contribution in [0.1, 0.15) is 32.1 Å². The Hall–Kier alpha value is -1.21. The number of urea groups is 1. The molecule has 2 saturated heterocycles. The highest BCUT2D eigenvalue weighted by atomic mass is 35.5. The van der Waals surface area contributed by atoms with Crippen LogP contribution in [0.15, 0.2) is 18.2 Å². The van der Waals surface area contributed by atoms with Crippen molar-refractivity contribution in [3.05, 3.63) is 28.2 Å². The van der Waals surface area contributed by atoms with Gasteiger partial charge in [0.1, 0.15) is 0 Å². The standard InChI is InChI=1S/C24H37Cl2N5O/c1-28-11-15-31(16-12-28)24(32)27-20-7-5-19(6-8-20)9-10-29-13-17-30(18-14-29)22-4-2-3-21(25)23(22)26/h2-4,19-20H,5-18H2,1H3,(H,27,32). The van der Waals surface area contributed by atoms with E-state index in [2.05, 4.69) is 33.1 Å². The molecule has 0 atom stereocenters. The first-order chi connectivity index (χ1) is 15.5. The highest BCUT2D eigenvalue weighted by Gasteiger charge is 2.26. The number of nitrogens with zero attached hydrogens (tertiary/aromatic N) is 4. The van der Waals surface area contributed by atoms with Gasteiger partial charge in [-0.3, -0.25) is 4.90 Å². The van der Waals surface area contributed by atoms with Crippen molar-refractivity contribution in [1.29, 1.82) is 0 Å². The molecule has 0 spiro atoms. The van der Waals surface area contributed by atoms with E-state index in [1.807, 2.05) is 17.0 Å². The molecule has 6 nitrogen and oxygen atoms in total. The quantitative estimate of drug-likeness (QED) is 0.689. The first kappa shape index (κ1) is 23.9. The summed E-state index contributed by atoms with van der Waals surface area (Å²) >= 11 is 12.6. The molecule has 2 heterocycles. The summed E-state index contributed by atoms with van der Waals surface area (Å²) in [5.41, 5.74) is 1.05. The van der Waals surface area contributed by atoms with Gasteiger partial charge in [-0.2, -0.15) is 0 Å². The first-order valence-electron chi connectivity index (χ1n) is 12.1. The van der Waals surface area contributed by atoms with Crippen molar-refractivity contribution >= 4 is 34.9 Å². The second-order valence-electron chi connectivity index (χ2n) is 9.65. The summed E-state index contributed by atoms with van der Waals surface area (Å²) in [7, 11) is 2.12. The Labute approximate surface area is 202 Å². The van der Waals surface area contributed by atoms with Crippen LogP contribution in [0.4, 0.5) is 10.5 Å². The SMILES string of the molecule is CN1CCN(C(=O)NC2CCC(CCN3CCN(c4cccc(Cl)c4Cl)CC3)CC2)CC1. The number of carbonyl (C=O) groups excluding carboxylic acids is 1. The average Bonchev–Trinajstić information content (AvgIpc) is 2.81. The number of nitrogens with one attached hydrogen (secondary N) is 1. The molecule has 0 aromatic heterocycles. The van der Waals surface area contributed by atoms with Gasteiger partial charge in [-0.25, -0.2) is 4.79 Å². The van der Waals surface area contributed by atoms with Crippen molar-refractivity contribution in [1.82, 2.24) is 20.0 Å². The first-order valence-corrected chi connectivity index (χ1v) is 12.9. The van der Waals surface area contributed by atoms with Gasteiger partial charge in [0.05, 0.1) is 15.7 Å². The van der Waals surface area contributed by atoms with Crippen LogP contribution >= 0.6 is 23.2 Å². The van der Waals surface area contributed by atoms with Gasteiger partial charge in [-0.05, 0) is 63.7 Å². The molecule has 4 rings (SSSR count). The number of hydrogen-bond acceptors (Lipinski definition) is 4. The molecule has 2 aliphatic heterocycles. The van der Waals surface area contributed by atoms with E-state index in [9.17, 15) is 4.79 Å². The van der Waals surface area contributed by atoms with Gasteiger partial charge in [-0.15, -0.1) is 0 Å². The van der Waals surface area contributed by atoms with E-state index in [4.69, 9.17) is 23.2 Å². The Balaban J connectivity index is 1.12. The van der Waals surface area contributed by atoms with Crippen LogP contribution in [0.25, 0.3) is 0 Å². The molecule has 1 N–H and O–H groups in total. The molecular formula is C24H37Cl2N5O. The van der Waals surface area contributed by atoms with Crippen LogP contribution in [0.5, 0.6) is 0 Å². The Morgan fingerprint density at radius 1 is 0.969 bits per heavy atom. The molecule has 1 saturated carbocycles. The van der Waals surface area contributed by atoms with Crippen molar-refractivity contribution < 1.29 is 4.79 Å². The van der Waals surface area contributed by atoms with Crippen molar-refractivity contribution in [2.75, 3.05) is 70.9 Å². The minimum atomic E-state index is 0.138. The predicted octanol–water partition coefficient (Wildman–Crippen LogP) is 4.02. The van der Waals surface area contributed by atoms with Crippen molar-refractivity contribution in [3.8, 4) is 0 Å². The molecular weight excluding hydrogens is 445 g/mol. The normalized spacial score (nSPS) is 25.7. The van der Waals surface area contributed by atoms with Gasteiger partial charge in [0.15, 0.2) is 0 Å². The zero-order chi connectivity index (χ0) is 22.5. The topological polar surface area (TPSA) is 42.1 Å². The second-order valence-corrected chi connectivity index (χ2v) is 10.4. The summed E-state index contributed by atoms with van der Waals surface area (Å²) in [6.45, 7) is 8.92. The summed E-state index contributed by atoms with van der Waals surface area (Å²) in [6, 6.07) is 6.37. The molecule has 1 aliphatic carbocycles. The molecule has 0 radical (unpaired) electrons. The smallest absolute Gasteiger partial charge is 0.317 e. The van der Waals surface area contributed by atoms with E-state index in [-0.39, 0.29) is 6.03 Å². The average molecular weight is 483 g/mol. The number of carbonyl (C=O) groups is 1. The van der Waals surface area contributed by atoms with Gasteiger partial charge >= 0.3 is 6.03 Å². The molecule has 2 amide bonds. The lowest BCUT2D eigenvalue weighted by Crippen LogP contribution is -2.53. The van der Waals surface area contributed by atoms with Crippen LogP contribution in [0.3, 0.4) is 0 Å². The number of hydrogen-bond donors (Lipinski definition) is 1. The molecule has 8 heteroatoms. The summed E-state index contributed by atoms with van der Waals surface area (Å²) in [6.07, 6.45) is 5.95. The predicted molar refractivity (Wildman–Crippen MR) is 133 cm³/mol. The van der Waals surface area contributed by atoms with Gasteiger partial charge < -0.3 is 20.0 Å². The lowest BCUT2D eigenvalue weighted by molar-refractivity contribution is 0.147. The van der Waals surface area contributed by atoms with Gasteiger partial charge in [0, 0.05) is 58.4 Å². The Kier molecular flexibility index (Phi) is 8.43. The lowest BCUT2D eigenvalue weighted by Gasteiger charge is -2.38. The molecule has 178 valence electrons.